The fourth-order valence-electron chi connectivity index (χ4n) is 3.00. The molecular formula is C18H21ClN2. The normalized spacial score (nSPS) is 17.2. The number of fused-ring (bicyclic) bond motifs is 1. The molecule has 1 N–H and O–H groups in total. The summed E-state index contributed by atoms with van der Waals surface area (Å²) in [5.74, 6) is 0.348. The molecule has 0 amide bonds. The summed E-state index contributed by atoms with van der Waals surface area (Å²) in [6.45, 7) is 5.16. The van der Waals surface area contributed by atoms with Gasteiger partial charge in [0.1, 0.15) is 0 Å². The second kappa shape index (κ2) is 6.17. The van der Waals surface area contributed by atoms with Crippen LogP contribution in [0.2, 0.25) is 5.02 Å². The molecule has 3 rings (SSSR count). The lowest BCUT2D eigenvalue weighted by atomic mass is 9.95. The Morgan fingerprint density at radius 2 is 2.19 bits per heavy atom. The molecule has 0 fully saturated rings. The van der Waals surface area contributed by atoms with Gasteiger partial charge in [-0.25, -0.2) is 0 Å². The van der Waals surface area contributed by atoms with Crippen LogP contribution in [0.4, 0.5) is 0 Å². The van der Waals surface area contributed by atoms with Crippen molar-refractivity contribution in [3.8, 4) is 0 Å². The summed E-state index contributed by atoms with van der Waals surface area (Å²) in [7, 11) is 0. The predicted octanol–water partition coefficient (Wildman–Crippen LogP) is 4.31. The van der Waals surface area contributed by atoms with Gasteiger partial charge in [0, 0.05) is 29.7 Å². The van der Waals surface area contributed by atoms with Gasteiger partial charge in [-0.2, -0.15) is 0 Å². The summed E-state index contributed by atoms with van der Waals surface area (Å²) in [6, 6.07) is 11.1. The molecule has 2 aromatic rings. The van der Waals surface area contributed by atoms with Crippen LogP contribution in [0.25, 0.3) is 0 Å². The Bertz CT molecular complexity index is 637. The molecular weight excluding hydrogens is 280 g/mol. The summed E-state index contributed by atoms with van der Waals surface area (Å²) in [6.07, 6.45) is 4.09. The Labute approximate surface area is 131 Å². The third-order valence-electron chi connectivity index (χ3n) is 4.11. The van der Waals surface area contributed by atoms with Crippen LogP contribution in [-0.2, 0) is 13.0 Å². The highest BCUT2D eigenvalue weighted by molar-refractivity contribution is 6.31. The van der Waals surface area contributed by atoms with Crippen molar-refractivity contribution < 1.29 is 0 Å². The van der Waals surface area contributed by atoms with Crippen LogP contribution in [0.1, 0.15) is 48.6 Å². The second-order valence-electron chi connectivity index (χ2n) is 6.03. The van der Waals surface area contributed by atoms with Crippen molar-refractivity contribution in [1.82, 2.24) is 10.3 Å². The predicted molar refractivity (Wildman–Crippen MR) is 87.8 cm³/mol. The highest BCUT2D eigenvalue weighted by Crippen LogP contribution is 2.39. The lowest BCUT2D eigenvalue weighted by Crippen LogP contribution is -2.21. The lowest BCUT2D eigenvalue weighted by Gasteiger charge is -2.15. The lowest BCUT2D eigenvalue weighted by molar-refractivity contribution is 0.588. The molecule has 1 aromatic heterocycles. The number of aryl methyl sites for hydroxylation is 1. The number of benzene rings is 1. The summed E-state index contributed by atoms with van der Waals surface area (Å²) in [4.78, 5) is 4.57. The van der Waals surface area contributed by atoms with E-state index < -0.39 is 0 Å². The Hall–Kier alpha value is -1.38. The zero-order chi connectivity index (χ0) is 14.8. The molecule has 2 nitrogen and oxygen atoms in total. The molecule has 0 saturated heterocycles. The van der Waals surface area contributed by atoms with Crippen molar-refractivity contribution in [1.29, 1.82) is 0 Å². The number of aromatic nitrogens is 1. The molecule has 1 aliphatic carbocycles. The van der Waals surface area contributed by atoms with E-state index in [0.717, 1.165) is 24.4 Å². The first-order chi connectivity index (χ1) is 10.1. The minimum Gasteiger partial charge on any atom is -0.310 e. The van der Waals surface area contributed by atoms with E-state index in [1.807, 2.05) is 12.3 Å². The van der Waals surface area contributed by atoms with Gasteiger partial charge in [-0.3, -0.25) is 4.98 Å². The van der Waals surface area contributed by atoms with Gasteiger partial charge in [-0.1, -0.05) is 43.6 Å². The van der Waals surface area contributed by atoms with Gasteiger partial charge < -0.3 is 5.32 Å². The average molecular weight is 301 g/mol. The molecule has 0 bridgehead atoms. The first-order valence-corrected chi connectivity index (χ1v) is 7.98. The van der Waals surface area contributed by atoms with Crippen LogP contribution >= 0.6 is 11.6 Å². The fourth-order valence-corrected chi connectivity index (χ4v) is 3.34. The monoisotopic (exact) mass is 300 g/mol. The van der Waals surface area contributed by atoms with E-state index in [1.54, 1.807) is 0 Å². The largest absolute Gasteiger partial charge is 0.310 e. The minimum atomic E-state index is 0.348. The van der Waals surface area contributed by atoms with Crippen molar-refractivity contribution in [3.05, 3.63) is 63.9 Å². The van der Waals surface area contributed by atoms with E-state index in [9.17, 15) is 0 Å². The van der Waals surface area contributed by atoms with Crippen LogP contribution in [0.3, 0.4) is 0 Å². The maximum atomic E-state index is 6.54. The smallest absolute Gasteiger partial charge is 0.0510 e. The molecule has 0 aliphatic heterocycles. The van der Waals surface area contributed by atoms with Gasteiger partial charge in [0.05, 0.1) is 5.69 Å². The van der Waals surface area contributed by atoms with Crippen molar-refractivity contribution >= 4 is 11.6 Å². The highest BCUT2D eigenvalue weighted by atomic mass is 35.5. The van der Waals surface area contributed by atoms with Crippen molar-refractivity contribution in [2.45, 2.75) is 45.2 Å². The highest BCUT2D eigenvalue weighted by Gasteiger charge is 2.26. The molecule has 1 atom stereocenters. The molecule has 1 heterocycles. The summed E-state index contributed by atoms with van der Waals surface area (Å²) in [5, 5.41) is 4.29. The Morgan fingerprint density at radius 1 is 1.33 bits per heavy atom. The van der Waals surface area contributed by atoms with Gasteiger partial charge in [-0.05, 0) is 41.7 Å². The quantitative estimate of drug-likeness (QED) is 0.910. The number of rotatable bonds is 4. The first kappa shape index (κ1) is 14.6. The molecule has 21 heavy (non-hydrogen) atoms. The maximum Gasteiger partial charge on any atom is 0.0510 e. The number of nitrogens with one attached hydrogen (secondary N) is 1. The molecule has 0 spiro atoms. The maximum absolute atomic E-state index is 6.54. The van der Waals surface area contributed by atoms with Crippen molar-refractivity contribution in [2.75, 3.05) is 0 Å². The molecule has 1 aliphatic rings. The Morgan fingerprint density at radius 3 is 2.95 bits per heavy atom. The zero-order valence-electron chi connectivity index (χ0n) is 12.6. The van der Waals surface area contributed by atoms with E-state index in [1.165, 1.54) is 22.4 Å². The summed E-state index contributed by atoms with van der Waals surface area (Å²) >= 11 is 6.54. The van der Waals surface area contributed by atoms with Gasteiger partial charge in [0.25, 0.3) is 0 Å². The van der Waals surface area contributed by atoms with E-state index in [0.29, 0.717) is 12.0 Å². The van der Waals surface area contributed by atoms with Crippen LogP contribution in [0.15, 0.2) is 36.5 Å². The van der Waals surface area contributed by atoms with Gasteiger partial charge in [0.15, 0.2) is 0 Å². The molecule has 1 aromatic carbocycles. The van der Waals surface area contributed by atoms with E-state index in [-0.39, 0.29) is 0 Å². The fraction of sp³-hybridized carbons (Fsp3) is 0.389. The summed E-state index contributed by atoms with van der Waals surface area (Å²) < 4.78 is 0. The van der Waals surface area contributed by atoms with Crippen LogP contribution < -0.4 is 5.32 Å². The van der Waals surface area contributed by atoms with E-state index >= 15 is 0 Å². The Kier molecular flexibility index (Phi) is 4.27. The molecule has 0 saturated carbocycles. The Balaban J connectivity index is 1.84. The van der Waals surface area contributed by atoms with E-state index in [4.69, 9.17) is 11.6 Å². The van der Waals surface area contributed by atoms with Crippen LogP contribution in [0.5, 0.6) is 0 Å². The number of pyridine rings is 1. The number of hydrogen-bond acceptors (Lipinski definition) is 2. The third-order valence-corrected chi connectivity index (χ3v) is 4.44. The average Bonchev–Trinajstić information content (AvgIpc) is 2.89. The van der Waals surface area contributed by atoms with Crippen LogP contribution in [-0.4, -0.2) is 11.0 Å². The minimum absolute atomic E-state index is 0.348. The van der Waals surface area contributed by atoms with Gasteiger partial charge >= 0.3 is 0 Å². The van der Waals surface area contributed by atoms with Crippen LogP contribution in [0, 0.1) is 0 Å². The second-order valence-corrected chi connectivity index (χ2v) is 6.44. The number of halogens is 1. The number of nitrogens with zero attached hydrogens (tertiary/aromatic N) is 1. The zero-order valence-corrected chi connectivity index (χ0v) is 13.3. The summed E-state index contributed by atoms with van der Waals surface area (Å²) in [5.41, 5.74) is 5.01. The molecule has 0 radical (unpaired) electrons. The molecule has 3 heteroatoms. The number of hydrogen-bond donors (Lipinski definition) is 1. The van der Waals surface area contributed by atoms with Crippen molar-refractivity contribution in [2.24, 2.45) is 0 Å². The third kappa shape index (κ3) is 3.12. The van der Waals surface area contributed by atoms with Gasteiger partial charge in [-0.15, -0.1) is 0 Å². The SMILES string of the molecule is CC(C)NCc1ccc(C2CCc3cccnc32)c(Cl)c1. The first-order valence-electron chi connectivity index (χ1n) is 7.60. The standard InChI is InChI=1S/C18H21ClN2/c1-12(2)21-11-13-5-7-15(17(19)10-13)16-8-6-14-4-3-9-20-18(14)16/h3-5,7,9-10,12,16,21H,6,8,11H2,1-2H3. The van der Waals surface area contributed by atoms with E-state index in [2.05, 4.69) is 48.4 Å². The van der Waals surface area contributed by atoms with Gasteiger partial charge in [0.2, 0.25) is 0 Å². The molecule has 110 valence electrons. The topological polar surface area (TPSA) is 24.9 Å². The molecule has 1 unspecified atom stereocenters. The van der Waals surface area contributed by atoms with Crippen molar-refractivity contribution in [3.63, 3.8) is 0 Å².